The Morgan fingerprint density at radius 1 is 1.20 bits per heavy atom. The Morgan fingerprint density at radius 2 is 1.87 bits per heavy atom. The molecule has 0 aromatic carbocycles. The molecule has 3 heteroatoms. The van der Waals surface area contributed by atoms with Gasteiger partial charge in [0, 0.05) is 13.1 Å². The molecule has 0 spiro atoms. The molecule has 2 N–H and O–H groups in total. The predicted octanol–water partition coefficient (Wildman–Crippen LogP) is 1.47. The van der Waals surface area contributed by atoms with Crippen LogP contribution in [0.15, 0.2) is 0 Å². The van der Waals surface area contributed by atoms with E-state index in [1.807, 2.05) is 25.9 Å². The summed E-state index contributed by atoms with van der Waals surface area (Å²) in [4.78, 5) is 2.01. The molecule has 0 bridgehead atoms. The Hall–Kier alpha value is -0.120. The van der Waals surface area contributed by atoms with Gasteiger partial charge in [-0.1, -0.05) is 26.2 Å². The first-order valence-corrected chi connectivity index (χ1v) is 6.06. The van der Waals surface area contributed by atoms with E-state index < -0.39 is 5.60 Å². The molecule has 0 saturated carbocycles. The first kappa shape index (κ1) is 14.9. The molecule has 0 saturated heterocycles. The molecule has 0 aromatic rings. The summed E-state index contributed by atoms with van der Waals surface area (Å²) in [5, 5.41) is 13.3. The van der Waals surface area contributed by atoms with Crippen LogP contribution in [0.5, 0.6) is 0 Å². The van der Waals surface area contributed by atoms with Crippen LogP contribution in [0.25, 0.3) is 0 Å². The maximum Gasteiger partial charge on any atom is 0.0869 e. The first-order valence-electron chi connectivity index (χ1n) is 6.06. The minimum absolute atomic E-state index is 0.617. The largest absolute Gasteiger partial charge is 0.388 e. The Kier molecular flexibility index (Phi) is 8.02. The van der Waals surface area contributed by atoms with Crippen molar-refractivity contribution in [3.63, 3.8) is 0 Å². The van der Waals surface area contributed by atoms with Crippen LogP contribution in [-0.2, 0) is 0 Å². The fourth-order valence-electron chi connectivity index (χ4n) is 1.77. The van der Waals surface area contributed by atoms with Gasteiger partial charge >= 0.3 is 0 Å². The predicted molar refractivity (Wildman–Crippen MR) is 66.2 cm³/mol. The third kappa shape index (κ3) is 10.2. The molecule has 0 aromatic heterocycles. The van der Waals surface area contributed by atoms with Gasteiger partial charge in [0.2, 0.25) is 0 Å². The molecular weight excluding hydrogens is 188 g/mol. The Morgan fingerprint density at radius 3 is 2.40 bits per heavy atom. The van der Waals surface area contributed by atoms with Gasteiger partial charge in [0.25, 0.3) is 0 Å². The summed E-state index contributed by atoms with van der Waals surface area (Å²) >= 11 is 0. The molecule has 0 radical (unpaired) electrons. The van der Waals surface area contributed by atoms with Crippen molar-refractivity contribution in [1.29, 1.82) is 0 Å². The van der Waals surface area contributed by atoms with Crippen molar-refractivity contribution in [2.24, 2.45) is 0 Å². The van der Waals surface area contributed by atoms with Crippen molar-refractivity contribution in [2.45, 2.75) is 45.1 Å². The molecule has 0 aliphatic heterocycles. The van der Waals surface area contributed by atoms with Crippen LogP contribution in [0.1, 0.15) is 39.5 Å². The standard InChI is InChI=1S/C12H28N2O/c1-5-6-7-8-9-13-10-12(2,15)11-14(3)4/h13,15H,5-11H2,1-4H3. The van der Waals surface area contributed by atoms with Gasteiger partial charge in [-0.2, -0.15) is 0 Å². The minimum Gasteiger partial charge on any atom is -0.388 e. The lowest BCUT2D eigenvalue weighted by atomic mass is 10.1. The monoisotopic (exact) mass is 216 g/mol. The molecule has 1 unspecified atom stereocenters. The number of hydrogen-bond acceptors (Lipinski definition) is 3. The molecule has 0 aliphatic carbocycles. The van der Waals surface area contributed by atoms with Gasteiger partial charge in [0.05, 0.1) is 5.60 Å². The third-order valence-electron chi connectivity index (χ3n) is 2.37. The molecule has 0 amide bonds. The molecule has 15 heavy (non-hydrogen) atoms. The van der Waals surface area contributed by atoms with E-state index >= 15 is 0 Å². The van der Waals surface area contributed by atoms with Crippen LogP contribution < -0.4 is 5.32 Å². The van der Waals surface area contributed by atoms with Gasteiger partial charge < -0.3 is 15.3 Å². The third-order valence-corrected chi connectivity index (χ3v) is 2.37. The Bertz CT molecular complexity index is 147. The lowest BCUT2D eigenvalue weighted by Gasteiger charge is -2.27. The molecule has 0 rings (SSSR count). The summed E-state index contributed by atoms with van der Waals surface area (Å²) < 4.78 is 0. The average Bonchev–Trinajstić information content (AvgIpc) is 2.08. The van der Waals surface area contributed by atoms with Gasteiger partial charge in [-0.15, -0.1) is 0 Å². The highest BCUT2D eigenvalue weighted by Crippen LogP contribution is 2.03. The molecule has 0 aliphatic rings. The van der Waals surface area contributed by atoms with E-state index in [-0.39, 0.29) is 0 Å². The van der Waals surface area contributed by atoms with Crippen LogP contribution in [0, 0.1) is 0 Å². The van der Waals surface area contributed by atoms with Crippen molar-refractivity contribution in [1.82, 2.24) is 10.2 Å². The molecular formula is C12H28N2O. The number of nitrogens with zero attached hydrogens (tertiary/aromatic N) is 1. The maximum atomic E-state index is 9.98. The van der Waals surface area contributed by atoms with Crippen LogP contribution >= 0.6 is 0 Å². The number of nitrogens with one attached hydrogen (secondary N) is 1. The van der Waals surface area contributed by atoms with E-state index in [0.29, 0.717) is 13.1 Å². The normalized spacial score (nSPS) is 15.6. The van der Waals surface area contributed by atoms with E-state index in [1.165, 1.54) is 25.7 Å². The molecule has 0 fully saturated rings. The van der Waals surface area contributed by atoms with Gasteiger partial charge in [0.15, 0.2) is 0 Å². The molecule has 3 nitrogen and oxygen atoms in total. The zero-order valence-corrected chi connectivity index (χ0v) is 10.8. The maximum absolute atomic E-state index is 9.98. The van der Waals surface area contributed by atoms with Gasteiger partial charge in [-0.3, -0.25) is 0 Å². The second-order valence-corrected chi connectivity index (χ2v) is 4.97. The van der Waals surface area contributed by atoms with Crippen LogP contribution in [0.2, 0.25) is 0 Å². The lowest BCUT2D eigenvalue weighted by Crippen LogP contribution is -2.45. The fourth-order valence-corrected chi connectivity index (χ4v) is 1.77. The quantitative estimate of drug-likeness (QED) is 0.573. The molecule has 92 valence electrons. The zero-order valence-electron chi connectivity index (χ0n) is 10.8. The van der Waals surface area contributed by atoms with E-state index in [1.54, 1.807) is 0 Å². The number of unbranched alkanes of at least 4 members (excludes halogenated alkanes) is 3. The Labute approximate surface area is 94.9 Å². The van der Waals surface area contributed by atoms with Crippen LogP contribution in [0.3, 0.4) is 0 Å². The van der Waals surface area contributed by atoms with Gasteiger partial charge in [-0.25, -0.2) is 0 Å². The minimum atomic E-state index is -0.617. The highest BCUT2D eigenvalue weighted by molar-refractivity contribution is 4.77. The van der Waals surface area contributed by atoms with Gasteiger partial charge in [0.1, 0.15) is 0 Å². The smallest absolute Gasteiger partial charge is 0.0869 e. The van der Waals surface area contributed by atoms with E-state index in [2.05, 4.69) is 12.2 Å². The van der Waals surface area contributed by atoms with Crippen LogP contribution in [0.4, 0.5) is 0 Å². The van der Waals surface area contributed by atoms with E-state index in [0.717, 1.165) is 6.54 Å². The summed E-state index contributed by atoms with van der Waals surface area (Å²) in [6, 6.07) is 0. The highest BCUT2D eigenvalue weighted by atomic mass is 16.3. The first-order chi connectivity index (χ1) is 6.98. The van der Waals surface area contributed by atoms with Crippen molar-refractivity contribution in [3.05, 3.63) is 0 Å². The Balaban J connectivity index is 3.40. The fraction of sp³-hybridized carbons (Fsp3) is 1.00. The number of likely N-dealkylation sites (N-methyl/N-ethyl adjacent to an activating group) is 1. The average molecular weight is 216 g/mol. The number of rotatable bonds is 9. The number of aliphatic hydroxyl groups is 1. The highest BCUT2D eigenvalue weighted by Gasteiger charge is 2.20. The summed E-state index contributed by atoms with van der Waals surface area (Å²) in [5.41, 5.74) is -0.617. The summed E-state index contributed by atoms with van der Waals surface area (Å²) in [5.74, 6) is 0. The van der Waals surface area contributed by atoms with E-state index in [4.69, 9.17) is 0 Å². The molecule has 0 heterocycles. The second-order valence-electron chi connectivity index (χ2n) is 4.97. The van der Waals surface area contributed by atoms with Crippen molar-refractivity contribution < 1.29 is 5.11 Å². The SMILES string of the molecule is CCCCCCNCC(C)(O)CN(C)C. The van der Waals surface area contributed by atoms with Crippen LogP contribution in [-0.4, -0.2) is 49.3 Å². The van der Waals surface area contributed by atoms with E-state index in [9.17, 15) is 5.11 Å². The topological polar surface area (TPSA) is 35.5 Å². The lowest BCUT2D eigenvalue weighted by molar-refractivity contribution is 0.0339. The molecule has 1 atom stereocenters. The van der Waals surface area contributed by atoms with Crippen molar-refractivity contribution in [3.8, 4) is 0 Å². The summed E-state index contributed by atoms with van der Waals surface area (Å²) in [6.45, 7) is 6.50. The second kappa shape index (κ2) is 8.08. The van der Waals surface area contributed by atoms with Crippen molar-refractivity contribution in [2.75, 3.05) is 33.7 Å². The summed E-state index contributed by atoms with van der Waals surface area (Å²) in [6.07, 6.45) is 5.10. The zero-order chi connectivity index (χ0) is 11.7. The van der Waals surface area contributed by atoms with Gasteiger partial charge in [-0.05, 0) is 34.0 Å². The van der Waals surface area contributed by atoms with Crippen molar-refractivity contribution >= 4 is 0 Å². The number of hydrogen-bond donors (Lipinski definition) is 2. The summed E-state index contributed by atoms with van der Waals surface area (Å²) in [7, 11) is 3.96.